The normalized spacial score (nSPS) is 18.6. The van der Waals surface area contributed by atoms with Crippen LogP contribution in [0.2, 0.25) is 5.02 Å². The van der Waals surface area contributed by atoms with Gasteiger partial charge in [0.1, 0.15) is 0 Å². The van der Waals surface area contributed by atoms with Gasteiger partial charge in [0.2, 0.25) is 0 Å². The SMILES string of the molecule is COc1ccc(Cl)c(C2(CN)CCCCC2)c1O. The first-order chi connectivity index (χ1) is 8.64. The predicted molar refractivity (Wildman–Crippen MR) is 73.5 cm³/mol. The van der Waals surface area contributed by atoms with Gasteiger partial charge in [-0.2, -0.15) is 0 Å². The number of nitrogens with two attached hydrogens (primary N) is 1. The summed E-state index contributed by atoms with van der Waals surface area (Å²) < 4.78 is 5.17. The monoisotopic (exact) mass is 269 g/mol. The topological polar surface area (TPSA) is 55.5 Å². The van der Waals surface area contributed by atoms with Gasteiger partial charge in [0.05, 0.1) is 7.11 Å². The van der Waals surface area contributed by atoms with Crippen LogP contribution in [-0.4, -0.2) is 18.8 Å². The van der Waals surface area contributed by atoms with Crippen LogP contribution in [0, 0.1) is 0 Å². The van der Waals surface area contributed by atoms with Crippen molar-refractivity contribution in [2.75, 3.05) is 13.7 Å². The van der Waals surface area contributed by atoms with Gasteiger partial charge >= 0.3 is 0 Å². The molecule has 0 spiro atoms. The lowest BCUT2D eigenvalue weighted by Crippen LogP contribution is -2.37. The van der Waals surface area contributed by atoms with Gasteiger partial charge in [-0.1, -0.05) is 30.9 Å². The van der Waals surface area contributed by atoms with E-state index >= 15 is 0 Å². The molecule has 1 saturated carbocycles. The van der Waals surface area contributed by atoms with E-state index in [1.807, 2.05) is 0 Å². The van der Waals surface area contributed by atoms with Gasteiger partial charge in [-0.3, -0.25) is 0 Å². The maximum atomic E-state index is 10.4. The van der Waals surface area contributed by atoms with Crippen molar-refractivity contribution in [3.63, 3.8) is 0 Å². The molecule has 0 amide bonds. The summed E-state index contributed by atoms with van der Waals surface area (Å²) in [7, 11) is 1.54. The Bertz CT molecular complexity index is 428. The smallest absolute Gasteiger partial charge is 0.163 e. The first-order valence-corrected chi connectivity index (χ1v) is 6.78. The highest BCUT2D eigenvalue weighted by Gasteiger charge is 2.37. The Balaban J connectivity index is 2.53. The van der Waals surface area contributed by atoms with Gasteiger partial charge in [0.25, 0.3) is 0 Å². The molecule has 3 N–H and O–H groups in total. The Labute approximate surface area is 113 Å². The summed E-state index contributed by atoms with van der Waals surface area (Å²) in [5, 5.41) is 10.9. The van der Waals surface area contributed by atoms with Crippen molar-refractivity contribution < 1.29 is 9.84 Å². The summed E-state index contributed by atoms with van der Waals surface area (Å²) >= 11 is 6.29. The lowest BCUT2D eigenvalue weighted by molar-refractivity contribution is 0.285. The third-order valence-corrected chi connectivity index (χ3v) is 4.36. The molecule has 1 aromatic rings. The second kappa shape index (κ2) is 5.37. The van der Waals surface area contributed by atoms with Crippen molar-refractivity contribution in [2.45, 2.75) is 37.5 Å². The standard InChI is InChI=1S/C14H20ClNO2/c1-18-11-6-5-10(15)12(13(11)17)14(9-16)7-3-2-4-8-14/h5-6,17H,2-4,7-9,16H2,1H3. The van der Waals surface area contributed by atoms with E-state index in [-0.39, 0.29) is 11.2 Å². The van der Waals surface area contributed by atoms with Gasteiger partial charge in [0.15, 0.2) is 11.5 Å². The van der Waals surface area contributed by atoms with E-state index in [2.05, 4.69) is 0 Å². The summed E-state index contributed by atoms with van der Waals surface area (Å²) in [5.41, 5.74) is 6.56. The van der Waals surface area contributed by atoms with E-state index in [0.717, 1.165) is 31.2 Å². The van der Waals surface area contributed by atoms with Crippen molar-refractivity contribution in [3.8, 4) is 11.5 Å². The number of benzene rings is 1. The molecule has 1 fully saturated rings. The zero-order chi connectivity index (χ0) is 13.2. The van der Waals surface area contributed by atoms with Gasteiger partial charge in [-0.05, 0) is 25.0 Å². The van der Waals surface area contributed by atoms with E-state index < -0.39 is 0 Å². The molecule has 0 unspecified atom stereocenters. The fraction of sp³-hybridized carbons (Fsp3) is 0.571. The number of ether oxygens (including phenoxy) is 1. The van der Waals surface area contributed by atoms with E-state index in [1.165, 1.54) is 6.42 Å². The molecule has 1 aliphatic carbocycles. The third-order valence-electron chi connectivity index (χ3n) is 4.04. The quantitative estimate of drug-likeness (QED) is 0.886. The molecule has 0 aromatic heterocycles. The molecule has 3 nitrogen and oxygen atoms in total. The van der Waals surface area contributed by atoms with Crippen molar-refractivity contribution in [1.29, 1.82) is 0 Å². The molecule has 0 heterocycles. The maximum Gasteiger partial charge on any atom is 0.163 e. The van der Waals surface area contributed by atoms with Crippen LogP contribution in [0.5, 0.6) is 11.5 Å². The fourth-order valence-electron chi connectivity index (χ4n) is 3.00. The number of hydrogen-bond acceptors (Lipinski definition) is 3. The lowest BCUT2D eigenvalue weighted by Gasteiger charge is -2.37. The van der Waals surface area contributed by atoms with E-state index in [4.69, 9.17) is 22.1 Å². The molecule has 0 saturated heterocycles. The Morgan fingerprint density at radius 2 is 2.00 bits per heavy atom. The number of phenols is 1. The van der Waals surface area contributed by atoms with Crippen molar-refractivity contribution >= 4 is 11.6 Å². The minimum atomic E-state index is -0.200. The molecule has 100 valence electrons. The lowest BCUT2D eigenvalue weighted by atomic mass is 9.69. The average molecular weight is 270 g/mol. The highest BCUT2D eigenvalue weighted by molar-refractivity contribution is 6.31. The van der Waals surface area contributed by atoms with Gasteiger partial charge < -0.3 is 15.6 Å². The molecular weight excluding hydrogens is 250 g/mol. The van der Waals surface area contributed by atoms with Crippen molar-refractivity contribution in [3.05, 3.63) is 22.7 Å². The van der Waals surface area contributed by atoms with Gasteiger partial charge in [-0.25, -0.2) is 0 Å². The number of halogens is 1. The Morgan fingerprint density at radius 3 is 2.56 bits per heavy atom. The second-order valence-electron chi connectivity index (χ2n) is 5.02. The molecule has 2 rings (SSSR count). The third kappa shape index (κ3) is 2.17. The minimum Gasteiger partial charge on any atom is -0.504 e. The number of methoxy groups -OCH3 is 1. The summed E-state index contributed by atoms with van der Waals surface area (Å²) in [6.07, 6.45) is 5.44. The van der Waals surface area contributed by atoms with Crippen LogP contribution in [0.1, 0.15) is 37.7 Å². The van der Waals surface area contributed by atoms with Crippen LogP contribution in [-0.2, 0) is 5.41 Å². The summed E-state index contributed by atoms with van der Waals surface area (Å²) in [6, 6.07) is 3.47. The van der Waals surface area contributed by atoms with Crippen LogP contribution in [0.4, 0.5) is 0 Å². The molecule has 18 heavy (non-hydrogen) atoms. The summed E-state index contributed by atoms with van der Waals surface area (Å²) in [4.78, 5) is 0. The Morgan fingerprint density at radius 1 is 1.33 bits per heavy atom. The zero-order valence-electron chi connectivity index (χ0n) is 10.7. The van der Waals surface area contributed by atoms with Crippen LogP contribution in [0.15, 0.2) is 12.1 Å². The maximum absolute atomic E-state index is 10.4. The van der Waals surface area contributed by atoms with E-state index in [0.29, 0.717) is 17.3 Å². The van der Waals surface area contributed by atoms with E-state index in [1.54, 1.807) is 19.2 Å². The molecule has 1 aliphatic rings. The first kappa shape index (κ1) is 13.5. The Hall–Kier alpha value is -0.930. The molecule has 4 heteroatoms. The van der Waals surface area contributed by atoms with Crippen molar-refractivity contribution in [1.82, 2.24) is 0 Å². The largest absolute Gasteiger partial charge is 0.504 e. The minimum absolute atomic E-state index is 0.150. The van der Waals surface area contributed by atoms with Crippen LogP contribution in [0.25, 0.3) is 0 Å². The first-order valence-electron chi connectivity index (χ1n) is 6.40. The summed E-state index contributed by atoms with van der Waals surface area (Å²) in [5.74, 6) is 0.616. The molecule has 0 radical (unpaired) electrons. The molecule has 0 bridgehead atoms. The molecular formula is C14H20ClNO2. The average Bonchev–Trinajstić information content (AvgIpc) is 2.40. The number of phenolic OH excluding ortho intramolecular Hbond substituents is 1. The Kier molecular flexibility index (Phi) is 4.03. The number of rotatable bonds is 3. The van der Waals surface area contributed by atoms with Gasteiger partial charge in [0, 0.05) is 22.5 Å². The van der Waals surface area contributed by atoms with Crippen LogP contribution >= 0.6 is 11.6 Å². The predicted octanol–water partition coefficient (Wildman–Crippen LogP) is 3.21. The van der Waals surface area contributed by atoms with E-state index in [9.17, 15) is 5.11 Å². The molecule has 1 aromatic carbocycles. The highest BCUT2D eigenvalue weighted by Crippen LogP contribution is 2.48. The number of hydrogen-bond donors (Lipinski definition) is 2. The molecule has 0 aliphatic heterocycles. The summed E-state index contributed by atoms with van der Waals surface area (Å²) in [6.45, 7) is 0.507. The zero-order valence-corrected chi connectivity index (χ0v) is 11.5. The molecule has 0 atom stereocenters. The highest BCUT2D eigenvalue weighted by atomic mass is 35.5. The van der Waals surface area contributed by atoms with Crippen molar-refractivity contribution in [2.24, 2.45) is 5.73 Å². The van der Waals surface area contributed by atoms with Gasteiger partial charge in [-0.15, -0.1) is 0 Å². The van der Waals surface area contributed by atoms with Crippen LogP contribution < -0.4 is 10.5 Å². The number of aromatic hydroxyl groups is 1. The van der Waals surface area contributed by atoms with Crippen LogP contribution in [0.3, 0.4) is 0 Å². The second-order valence-corrected chi connectivity index (χ2v) is 5.43. The fourth-order valence-corrected chi connectivity index (χ4v) is 3.35.